The third-order valence-electron chi connectivity index (χ3n) is 3.11. The molecule has 1 aliphatic rings. The number of aromatic nitrogens is 1. The first-order valence-corrected chi connectivity index (χ1v) is 5.42. The van der Waals surface area contributed by atoms with Crippen molar-refractivity contribution in [1.29, 1.82) is 0 Å². The Balaban J connectivity index is 1.95. The van der Waals surface area contributed by atoms with Crippen LogP contribution in [0.5, 0.6) is 0 Å². The average Bonchev–Trinajstić information content (AvgIpc) is 2.56. The Hall–Kier alpha value is -0.830. The van der Waals surface area contributed by atoms with Gasteiger partial charge < -0.3 is 10.2 Å². The molecule has 1 aliphatic carbocycles. The number of rotatable bonds is 2. The molecule has 2 atom stereocenters. The summed E-state index contributed by atoms with van der Waals surface area (Å²) in [6, 6.07) is 0.362. The van der Waals surface area contributed by atoms with Gasteiger partial charge >= 0.3 is 0 Å². The van der Waals surface area contributed by atoms with Crippen molar-refractivity contribution in [2.45, 2.75) is 45.1 Å². The van der Waals surface area contributed by atoms with E-state index in [1.54, 1.807) is 6.26 Å². The molecule has 1 aromatic rings. The summed E-state index contributed by atoms with van der Waals surface area (Å²) in [7, 11) is 0. The Kier molecular flexibility index (Phi) is 2.87. The number of oxazole rings is 1. The minimum Gasteiger partial charge on any atom is -0.449 e. The van der Waals surface area contributed by atoms with E-state index in [4.69, 9.17) is 10.2 Å². The molecule has 0 amide bonds. The summed E-state index contributed by atoms with van der Waals surface area (Å²) in [6.45, 7) is 1.88. The molecule has 1 saturated carbocycles. The SMILES string of the molecule is Cc1nc(CC2CCCCC2N)co1. The highest BCUT2D eigenvalue weighted by atomic mass is 16.3. The smallest absolute Gasteiger partial charge is 0.191 e. The van der Waals surface area contributed by atoms with Crippen molar-refractivity contribution >= 4 is 0 Å². The highest BCUT2D eigenvalue weighted by Crippen LogP contribution is 2.25. The quantitative estimate of drug-likeness (QED) is 0.783. The average molecular weight is 194 g/mol. The molecule has 0 spiro atoms. The molecule has 3 nitrogen and oxygen atoms in total. The van der Waals surface area contributed by atoms with Gasteiger partial charge in [0, 0.05) is 13.0 Å². The fourth-order valence-electron chi connectivity index (χ4n) is 2.26. The van der Waals surface area contributed by atoms with Crippen molar-refractivity contribution in [1.82, 2.24) is 4.98 Å². The number of aryl methyl sites for hydroxylation is 1. The van der Waals surface area contributed by atoms with Gasteiger partial charge in [0.2, 0.25) is 0 Å². The van der Waals surface area contributed by atoms with Crippen LogP contribution in [-0.2, 0) is 6.42 Å². The number of hydrogen-bond acceptors (Lipinski definition) is 3. The van der Waals surface area contributed by atoms with Gasteiger partial charge in [-0.2, -0.15) is 0 Å². The predicted octanol–water partition coefficient (Wildman–Crippen LogP) is 2.04. The van der Waals surface area contributed by atoms with E-state index in [9.17, 15) is 0 Å². The molecule has 2 rings (SSSR count). The maximum absolute atomic E-state index is 6.08. The lowest BCUT2D eigenvalue weighted by molar-refractivity contribution is 0.304. The van der Waals surface area contributed by atoms with Crippen molar-refractivity contribution in [2.75, 3.05) is 0 Å². The van der Waals surface area contributed by atoms with Crippen LogP contribution in [0, 0.1) is 12.8 Å². The molecule has 1 fully saturated rings. The first-order valence-electron chi connectivity index (χ1n) is 5.42. The van der Waals surface area contributed by atoms with Crippen LogP contribution in [0.3, 0.4) is 0 Å². The van der Waals surface area contributed by atoms with Gasteiger partial charge in [0.1, 0.15) is 6.26 Å². The van der Waals surface area contributed by atoms with E-state index >= 15 is 0 Å². The second kappa shape index (κ2) is 4.13. The standard InChI is InChI=1S/C11H18N2O/c1-8-13-10(7-14-8)6-9-4-2-3-5-11(9)12/h7,9,11H,2-6,12H2,1H3. The molecule has 1 heterocycles. The molecule has 14 heavy (non-hydrogen) atoms. The third-order valence-corrected chi connectivity index (χ3v) is 3.11. The van der Waals surface area contributed by atoms with Gasteiger partial charge in [-0.15, -0.1) is 0 Å². The van der Waals surface area contributed by atoms with Crippen LogP contribution in [0.2, 0.25) is 0 Å². The maximum Gasteiger partial charge on any atom is 0.191 e. The first kappa shape index (κ1) is 9.71. The minimum absolute atomic E-state index is 0.362. The fraction of sp³-hybridized carbons (Fsp3) is 0.727. The Labute approximate surface area is 84.7 Å². The van der Waals surface area contributed by atoms with E-state index in [0.29, 0.717) is 12.0 Å². The lowest BCUT2D eigenvalue weighted by Gasteiger charge is -2.27. The molecule has 0 radical (unpaired) electrons. The summed E-state index contributed by atoms with van der Waals surface area (Å²) in [5.41, 5.74) is 7.14. The van der Waals surface area contributed by atoms with Crippen molar-refractivity contribution in [3.63, 3.8) is 0 Å². The van der Waals surface area contributed by atoms with Crippen molar-refractivity contribution < 1.29 is 4.42 Å². The van der Waals surface area contributed by atoms with Crippen LogP contribution in [0.4, 0.5) is 0 Å². The summed E-state index contributed by atoms with van der Waals surface area (Å²) in [4.78, 5) is 4.32. The lowest BCUT2D eigenvalue weighted by Crippen LogP contribution is -2.34. The van der Waals surface area contributed by atoms with Crippen LogP contribution in [0.15, 0.2) is 10.7 Å². The van der Waals surface area contributed by atoms with Gasteiger partial charge in [-0.3, -0.25) is 0 Å². The summed E-state index contributed by atoms with van der Waals surface area (Å²) in [5, 5.41) is 0. The molecule has 1 aromatic heterocycles. The molecule has 3 heteroatoms. The van der Waals surface area contributed by atoms with Crippen LogP contribution >= 0.6 is 0 Å². The Morgan fingerprint density at radius 1 is 1.50 bits per heavy atom. The zero-order valence-corrected chi connectivity index (χ0v) is 8.70. The second-order valence-corrected chi connectivity index (χ2v) is 4.27. The molecule has 2 unspecified atom stereocenters. The zero-order valence-electron chi connectivity index (χ0n) is 8.70. The van der Waals surface area contributed by atoms with Crippen LogP contribution in [0.1, 0.15) is 37.3 Å². The highest BCUT2D eigenvalue weighted by molar-refractivity contribution is 4.99. The molecular formula is C11H18N2O. The molecule has 0 bridgehead atoms. The lowest BCUT2D eigenvalue weighted by atomic mass is 9.82. The normalized spacial score (nSPS) is 27.9. The van der Waals surface area contributed by atoms with Gasteiger partial charge in [0.05, 0.1) is 5.69 Å². The van der Waals surface area contributed by atoms with E-state index in [1.807, 2.05) is 6.92 Å². The minimum atomic E-state index is 0.362. The van der Waals surface area contributed by atoms with Gasteiger partial charge in [-0.25, -0.2) is 4.98 Å². The molecule has 0 aromatic carbocycles. The number of hydrogen-bond donors (Lipinski definition) is 1. The Morgan fingerprint density at radius 3 is 2.93 bits per heavy atom. The largest absolute Gasteiger partial charge is 0.449 e. The molecule has 2 N–H and O–H groups in total. The van der Waals surface area contributed by atoms with E-state index in [-0.39, 0.29) is 0 Å². The fourth-order valence-corrected chi connectivity index (χ4v) is 2.26. The van der Waals surface area contributed by atoms with Crippen molar-refractivity contribution in [3.05, 3.63) is 17.8 Å². The van der Waals surface area contributed by atoms with Gasteiger partial charge in [-0.1, -0.05) is 12.8 Å². The van der Waals surface area contributed by atoms with Gasteiger partial charge in [0.15, 0.2) is 5.89 Å². The van der Waals surface area contributed by atoms with E-state index in [0.717, 1.165) is 18.0 Å². The van der Waals surface area contributed by atoms with Gasteiger partial charge in [-0.05, 0) is 25.2 Å². The van der Waals surface area contributed by atoms with E-state index in [2.05, 4.69) is 4.98 Å². The van der Waals surface area contributed by atoms with E-state index in [1.165, 1.54) is 25.7 Å². The number of nitrogens with two attached hydrogens (primary N) is 1. The number of nitrogens with zero attached hydrogens (tertiary/aromatic N) is 1. The predicted molar refractivity (Wildman–Crippen MR) is 54.9 cm³/mol. The Bertz CT molecular complexity index is 295. The van der Waals surface area contributed by atoms with Crippen molar-refractivity contribution in [2.24, 2.45) is 11.7 Å². The molecule has 0 saturated heterocycles. The van der Waals surface area contributed by atoms with Crippen molar-refractivity contribution in [3.8, 4) is 0 Å². The zero-order chi connectivity index (χ0) is 9.97. The van der Waals surface area contributed by atoms with E-state index < -0.39 is 0 Å². The summed E-state index contributed by atoms with van der Waals surface area (Å²) < 4.78 is 5.19. The van der Waals surface area contributed by atoms with Gasteiger partial charge in [0.25, 0.3) is 0 Å². The van der Waals surface area contributed by atoms with Crippen LogP contribution in [0.25, 0.3) is 0 Å². The topological polar surface area (TPSA) is 52.0 Å². The monoisotopic (exact) mass is 194 g/mol. The Morgan fingerprint density at radius 2 is 2.29 bits per heavy atom. The first-order chi connectivity index (χ1) is 6.75. The maximum atomic E-state index is 6.08. The molecule has 0 aliphatic heterocycles. The summed E-state index contributed by atoms with van der Waals surface area (Å²) in [6.07, 6.45) is 7.76. The second-order valence-electron chi connectivity index (χ2n) is 4.27. The molecular weight excluding hydrogens is 176 g/mol. The summed E-state index contributed by atoms with van der Waals surface area (Å²) in [5.74, 6) is 1.36. The third kappa shape index (κ3) is 2.15. The summed E-state index contributed by atoms with van der Waals surface area (Å²) >= 11 is 0. The van der Waals surface area contributed by atoms with Crippen LogP contribution < -0.4 is 5.73 Å². The van der Waals surface area contributed by atoms with Crippen LogP contribution in [-0.4, -0.2) is 11.0 Å². The molecule has 78 valence electrons. The highest BCUT2D eigenvalue weighted by Gasteiger charge is 2.22.